The summed E-state index contributed by atoms with van der Waals surface area (Å²) < 4.78 is 0. The van der Waals surface area contributed by atoms with E-state index < -0.39 is 0 Å². The normalized spacial score (nSPS) is 16.4. The molecule has 0 saturated carbocycles. The fraction of sp³-hybridized carbons (Fsp3) is 0.471. The molecular formula is C17H23N3. The van der Waals surface area contributed by atoms with Crippen LogP contribution in [0.25, 0.3) is 11.3 Å². The zero-order chi connectivity index (χ0) is 13.8. The summed E-state index contributed by atoms with van der Waals surface area (Å²) in [5.74, 6) is 0.636. The zero-order valence-electron chi connectivity index (χ0n) is 12.2. The average Bonchev–Trinajstić information content (AvgIpc) is 2.99. The molecule has 2 aromatic rings. The minimum atomic E-state index is 0.636. The molecular weight excluding hydrogens is 246 g/mol. The van der Waals surface area contributed by atoms with Gasteiger partial charge >= 0.3 is 0 Å². The Morgan fingerprint density at radius 3 is 2.60 bits per heavy atom. The van der Waals surface area contributed by atoms with Crippen LogP contribution in [-0.4, -0.2) is 23.3 Å². The van der Waals surface area contributed by atoms with Crippen LogP contribution in [0.15, 0.2) is 30.3 Å². The lowest BCUT2D eigenvalue weighted by Gasteiger charge is -2.20. The van der Waals surface area contributed by atoms with Crippen LogP contribution < -0.4 is 5.32 Å². The molecule has 3 nitrogen and oxygen atoms in total. The fourth-order valence-electron chi connectivity index (χ4n) is 2.96. The van der Waals surface area contributed by atoms with Gasteiger partial charge in [-0.2, -0.15) is 5.10 Å². The molecule has 0 atom stereocenters. The smallest absolute Gasteiger partial charge is 0.0923 e. The molecule has 0 spiro atoms. The molecule has 0 unspecified atom stereocenters. The fourth-order valence-corrected chi connectivity index (χ4v) is 2.96. The minimum Gasteiger partial charge on any atom is -0.317 e. The molecule has 1 aromatic carbocycles. The first-order chi connectivity index (χ1) is 9.86. The highest BCUT2D eigenvalue weighted by Crippen LogP contribution is 2.27. The highest BCUT2D eigenvalue weighted by molar-refractivity contribution is 5.59. The van der Waals surface area contributed by atoms with E-state index in [4.69, 9.17) is 0 Å². The van der Waals surface area contributed by atoms with Gasteiger partial charge in [0.1, 0.15) is 0 Å². The second-order valence-corrected chi connectivity index (χ2v) is 5.68. The quantitative estimate of drug-likeness (QED) is 0.892. The van der Waals surface area contributed by atoms with Crippen LogP contribution in [0.4, 0.5) is 0 Å². The molecule has 1 saturated heterocycles. The van der Waals surface area contributed by atoms with Crippen molar-refractivity contribution in [2.75, 3.05) is 13.1 Å². The van der Waals surface area contributed by atoms with Crippen molar-refractivity contribution >= 4 is 0 Å². The third-order valence-electron chi connectivity index (χ3n) is 4.17. The maximum absolute atomic E-state index is 4.49. The molecule has 3 heteroatoms. The summed E-state index contributed by atoms with van der Waals surface area (Å²) in [5, 5.41) is 11.1. The second-order valence-electron chi connectivity index (χ2n) is 5.68. The van der Waals surface area contributed by atoms with Crippen molar-refractivity contribution in [2.45, 2.75) is 38.5 Å². The number of piperidine rings is 1. The molecule has 0 bridgehead atoms. The first-order valence-corrected chi connectivity index (χ1v) is 7.72. The summed E-state index contributed by atoms with van der Waals surface area (Å²) in [6.45, 7) is 4.45. The number of hydrogen-bond acceptors (Lipinski definition) is 2. The second kappa shape index (κ2) is 6.23. The summed E-state index contributed by atoms with van der Waals surface area (Å²) >= 11 is 0. The Morgan fingerprint density at radius 1 is 1.15 bits per heavy atom. The Labute approximate surface area is 120 Å². The predicted octanol–water partition coefficient (Wildman–Crippen LogP) is 3.50. The van der Waals surface area contributed by atoms with Gasteiger partial charge in [-0.05, 0) is 44.0 Å². The Hall–Kier alpha value is -1.61. The SMILES string of the molecule is CCCc1ccc(-c2cc(C3CCNCC3)[nH]n2)cc1. The van der Waals surface area contributed by atoms with Crippen LogP contribution >= 0.6 is 0 Å². The van der Waals surface area contributed by atoms with Crippen molar-refractivity contribution in [2.24, 2.45) is 0 Å². The summed E-state index contributed by atoms with van der Waals surface area (Å²) in [4.78, 5) is 0. The van der Waals surface area contributed by atoms with Crippen molar-refractivity contribution in [3.63, 3.8) is 0 Å². The number of aryl methyl sites for hydroxylation is 1. The van der Waals surface area contributed by atoms with Gasteiger partial charge in [-0.3, -0.25) is 5.10 Å². The molecule has 0 aliphatic carbocycles. The minimum absolute atomic E-state index is 0.636. The topological polar surface area (TPSA) is 40.7 Å². The van der Waals surface area contributed by atoms with Crippen molar-refractivity contribution < 1.29 is 0 Å². The highest BCUT2D eigenvalue weighted by atomic mass is 15.1. The molecule has 3 rings (SSSR count). The van der Waals surface area contributed by atoms with E-state index in [0.717, 1.165) is 25.2 Å². The Morgan fingerprint density at radius 2 is 1.90 bits per heavy atom. The maximum Gasteiger partial charge on any atom is 0.0923 e. The van der Waals surface area contributed by atoms with Gasteiger partial charge in [0.25, 0.3) is 0 Å². The first kappa shape index (κ1) is 13.4. The van der Waals surface area contributed by atoms with Gasteiger partial charge in [0.05, 0.1) is 5.69 Å². The molecule has 1 fully saturated rings. The highest BCUT2D eigenvalue weighted by Gasteiger charge is 2.17. The Kier molecular flexibility index (Phi) is 4.16. The third kappa shape index (κ3) is 2.93. The maximum atomic E-state index is 4.49. The van der Waals surface area contributed by atoms with Crippen molar-refractivity contribution in [1.29, 1.82) is 0 Å². The van der Waals surface area contributed by atoms with E-state index in [9.17, 15) is 0 Å². The lowest BCUT2D eigenvalue weighted by molar-refractivity contribution is 0.453. The van der Waals surface area contributed by atoms with Gasteiger partial charge in [-0.1, -0.05) is 37.6 Å². The van der Waals surface area contributed by atoms with Gasteiger partial charge in [-0.25, -0.2) is 0 Å². The van der Waals surface area contributed by atoms with E-state index >= 15 is 0 Å². The van der Waals surface area contributed by atoms with Crippen molar-refractivity contribution in [3.8, 4) is 11.3 Å². The molecule has 106 valence electrons. The molecule has 2 heterocycles. The molecule has 2 N–H and O–H groups in total. The van der Waals surface area contributed by atoms with Crippen molar-refractivity contribution in [3.05, 3.63) is 41.6 Å². The number of aromatic amines is 1. The number of hydrogen-bond donors (Lipinski definition) is 2. The van der Waals surface area contributed by atoms with E-state index in [-0.39, 0.29) is 0 Å². The monoisotopic (exact) mass is 269 g/mol. The number of aromatic nitrogens is 2. The number of nitrogens with one attached hydrogen (secondary N) is 2. The predicted molar refractivity (Wildman–Crippen MR) is 82.9 cm³/mol. The molecule has 0 radical (unpaired) electrons. The Balaban J connectivity index is 1.75. The van der Waals surface area contributed by atoms with Gasteiger partial charge in [0, 0.05) is 17.2 Å². The molecule has 1 aromatic heterocycles. The molecule has 1 aliphatic heterocycles. The number of rotatable bonds is 4. The summed E-state index contributed by atoms with van der Waals surface area (Å²) in [5.41, 5.74) is 4.98. The van der Waals surface area contributed by atoms with E-state index in [1.807, 2.05) is 0 Å². The van der Waals surface area contributed by atoms with Crippen molar-refractivity contribution in [1.82, 2.24) is 15.5 Å². The standard InChI is InChI=1S/C17H23N3/c1-2-3-13-4-6-14(7-5-13)16-12-17(20-19-16)15-8-10-18-11-9-15/h4-7,12,15,18H,2-3,8-11H2,1H3,(H,19,20). The van der Waals surface area contributed by atoms with Gasteiger partial charge in [-0.15, -0.1) is 0 Å². The largest absolute Gasteiger partial charge is 0.317 e. The summed E-state index contributed by atoms with van der Waals surface area (Å²) in [6, 6.07) is 11.0. The van der Waals surface area contributed by atoms with E-state index in [1.165, 1.54) is 36.1 Å². The lowest BCUT2D eigenvalue weighted by atomic mass is 9.94. The van der Waals surface area contributed by atoms with Crippen LogP contribution in [0.5, 0.6) is 0 Å². The summed E-state index contributed by atoms with van der Waals surface area (Å²) in [6.07, 6.45) is 4.76. The van der Waals surface area contributed by atoms with Gasteiger partial charge in [0.2, 0.25) is 0 Å². The zero-order valence-corrected chi connectivity index (χ0v) is 12.2. The van der Waals surface area contributed by atoms with Crippen LogP contribution in [0.3, 0.4) is 0 Å². The van der Waals surface area contributed by atoms with E-state index in [2.05, 4.69) is 52.8 Å². The van der Waals surface area contributed by atoms with Crippen LogP contribution in [0.2, 0.25) is 0 Å². The van der Waals surface area contributed by atoms with Crippen LogP contribution in [-0.2, 0) is 6.42 Å². The lowest BCUT2D eigenvalue weighted by Crippen LogP contribution is -2.26. The van der Waals surface area contributed by atoms with Crippen LogP contribution in [0, 0.1) is 0 Å². The third-order valence-corrected chi connectivity index (χ3v) is 4.17. The van der Waals surface area contributed by atoms with Crippen LogP contribution in [0.1, 0.15) is 43.4 Å². The average molecular weight is 269 g/mol. The summed E-state index contributed by atoms with van der Waals surface area (Å²) in [7, 11) is 0. The van der Waals surface area contributed by atoms with E-state index in [0.29, 0.717) is 5.92 Å². The number of nitrogens with zero attached hydrogens (tertiary/aromatic N) is 1. The van der Waals surface area contributed by atoms with E-state index in [1.54, 1.807) is 0 Å². The number of benzene rings is 1. The van der Waals surface area contributed by atoms with Gasteiger partial charge < -0.3 is 5.32 Å². The molecule has 0 amide bonds. The first-order valence-electron chi connectivity index (χ1n) is 7.72. The molecule has 20 heavy (non-hydrogen) atoms. The number of H-pyrrole nitrogens is 1. The Bertz CT molecular complexity index is 536. The van der Waals surface area contributed by atoms with Gasteiger partial charge in [0.15, 0.2) is 0 Å². The molecule has 1 aliphatic rings.